The van der Waals surface area contributed by atoms with E-state index in [-0.39, 0.29) is 0 Å². The first-order valence-corrected chi connectivity index (χ1v) is 6.45. The van der Waals surface area contributed by atoms with Crippen LogP contribution in [0.3, 0.4) is 0 Å². The molecule has 0 radical (unpaired) electrons. The van der Waals surface area contributed by atoms with Gasteiger partial charge in [-0.3, -0.25) is 4.90 Å². The Morgan fingerprint density at radius 1 is 1.58 bits per heavy atom. The van der Waals surface area contributed by atoms with Crippen LogP contribution >= 0.6 is 23.4 Å². The van der Waals surface area contributed by atoms with Crippen molar-refractivity contribution < 1.29 is 0 Å². The highest BCUT2D eigenvalue weighted by Gasteiger charge is 2.22. The van der Waals surface area contributed by atoms with Crippen molar-refractivity contribution in [2.45, 2.75) is 25.8 Å². The zero-order valence-corrected chi connectivity index (χ0v) is 9.33. The van der Waals surface area contributed by atoms with Gasteiger partial charge in [-0.1, -0.05) is 6.92 Å². The van der Waals surface area contributed by atoms with E-state index in [2.05, 4.69) is 11.8 Å². The molecular weight excluding hydrogens is 190 g/mol. The predicted molar refractivity (Wildman–Crippen MR) is 58.3 cm³/mol. The number of hydrogen-bond acceptors (Lipinski definition) is 2. The van der Waals surface area contributed by atoms with Crippen molar-refractivity contribution >= 4 is 23.4 Å². The Morgan fingerprint density at radius 3 is 3.08 bits per heavy atom. The molecular formula is C9H18ClNS. The van der Waals surface area contributed by atoms with Crippen LogP contribution in [0.4, 0.5) is 0 Å². The monoisotopic (exact) mass is 207 g/mol. The van der Waals surface area contributed by atoms with Gasteiger partial charge < -0.3 is 0 Å². The summed E-state index contributed by atoms with van der Waals surface area (Å²) < 4.78 is 0. The maximum atomic E-state index is 5.87. The fraction of sp³-hybridized carbons (Fsp3) is 1.00. The molecule has 1 fully saturated rings. The van der Waals surface area contributed by atoms with Gasteiger partial charge in [-0.2, -0.15) is 11.8 Å². The Morgan fingerprint density at radius 2 is 2.42 bits per heavy atom. The summed E-state index contributed by atoms with van der Waals surface area (Å²) in [6.45, 7) is 4.71. The maximum absolute atomic E-state index is 5.87. The highest BCUT2D eigenvalue weighted by atomic mass is 35.5. The standard InChI is InChI=1S/C9H18ClNS/c1-2-12-7-6-11-5-3-4-9(11)8-10/h9H,2-8H2,1H3. The number of likely N-dealkylation sites (tertiary alicyclic amines) is 1. The van der Waals surface area contributed by atoms with E-state index in [0.29, 0.717) is 6.04 Å². The van der Waals surface area contributed by atoms with Gasteiger partial charge in [0.2, 0.25) is 0 Å². The molecule has 1 atom stereocenters. The number of rotatable bonds is 5. The van der Waals surface area contributed by atoms with E-state index >= 15 is 0 Å². The molecule has 0 aromatic rings. The topological polar surface area (TPSA) is 3.24 Å². The van der Waals surface area contributed by atoms with Crippen molar-refractivity contribution in [2.75, 3.05) is 30.5 Å². The van der Waals surface area contributed by atoms with Crippen LogP contribution in [0.1, 0.15) is 19.8 Å². The third-order valence-corrected chi connectivity index (χ3v) is 3.64. The molecule has 0 spiro atoms. The molecule has 3 heteroatoms. The SMILES string of the molecule is CCSCCN1CCCC1CCl. The van der Waals surface area contributed by atoms with Crippen LogP contribution in [-0.2, 0) is 0 Å². The number of halogens is 1. The second kappa shape index (κ2) is 6.11. The van der Waals surface area contributed by atoms with Crippen LogP contribution in [0.15, 0.2) is 0 Å². The Bertz CT molecular complexity index is 121. The summed E-state index contributed by atoms with van der Waals surface area (Å²) in [6, 6.07) is 0.670. The molecule has 0 aromatic carbocycles. The first kappa shape index (κ1) is 10.7. The summed E-state index contributed by atoms with van der Waals surface area (Å²) >= 11 is 7.89. The first-order chi connectivity index (χ1) is 5.88. The Kier molecular flexibility index (Phi) is 5.44. The van der Waals surface area contributed by atoms with Crippen molar-refractivity contribution in [1.82, 2.24) is 4.90 Å². The van der Waals surface area contributed by atoms with Gasteiger partial charge in [-0.15, -0.1) is 11.6 Å². The average Bonchev–Trinajstić information content (AvgIpc) is 2.52. The number of hydrogen-bond donors (Lipinski definition) is 0. The molecule has 12 heavy (non-hydrogen) atoms. The Balaban J connectivity index is 2.12. The van der Waals surface area contributed by atoms with Gasteiger partial charge >= 0.3 is 0 Å². The highest BCUT2D eigenvalue weighted by Crippen LogP contribution is 2.18. The largest absolute Gasteiger partial charge is 0.298 e. The summed E-state index contributed by atoms with van der Waals surface area (Å²) in [7, 11) is 0. The minimum atomic E-state index is 0.670. The van der Waals surface area contributed by atoms with Crippen LogP contribution in [0, 0.1) is 0 Å². The molecule has 0 N–H and O–H groups in total. The molecule has 1 aliphatic heterocycles. The molecule has 0 bridgehead atoms. The van der Waals surface area contributed by atoms with Crippen molar-refractivity contribution in [3.05, 3.63) is 0 Å². The Labute approximate surface area is 84.8 Å². The minimum Gasteiger partial charge on any atom is -0.298 e. The zero-order valence-electron chi connectivity index (χ0n) is 7.76. The maximum Gasteiger partial charge on any atom is 0.0379 e. The van der Waals surface area contributed by atoms with Gasteiger partial charge in [0.15, 0.2) is 0 Å². The lowest BCUT2D eigenvalue weighted by Gasteiger charge is -2.21. The van der Waals surface area contributed by atoms with Crippen molar-refractivity contribution in [3.63, 3.8) is 0 Å². The number of thioether (sulfide) groups is 1. The lowest BCUT2D eigenvalue weighted by molar-refractivity contribution is 0.289. The van der Waals surface area contributed by atoms with Crippen LogP contribution in [-0.4, -0.2) is 41.4 Å². The van der Waals surface area contributed by atoms with E-state index in [9.17, 15) is 0 Å². The van der Waals surface area contributed by atoms with Crippen molar-refractivity contribution in [3.8, 4) is 0 Å². The molecule has 0 amide bonds. The summed E-state index contributed by atoms with van der Waals surface area (Å²) in [5.74, 6) is 3.32. The highest BCUT2D eigenvalue weighted by molar-refractivity contribution is 7.99. The van der Waals surface area contributed by atoms with Gasteiger partial charge in [-0.25, -0.2) is 0 Å². The van der Waals surface area contributed by atoms with Crippen molar-refractivity contribution in [2.24, 2.45) is 0 Å². The van der Waals surface area contributed by atoms with Crippen LogP contribution in [0.25, 0.3) is 0 Å². The first-order valence-electron chi connectivity index (χ1n) is 4.76. The van der Waals surface area contributed by atoms with E-state index in [1.807, 2.05) is 11.8 Å². The average molecular weight is 208 g/mol. The van der Waals surface area contributed by atoms with E-state index in [0.717, 1.165) is 5.88 Å². The quantitative estimate of drug-likeness (QED) is 0.504. The summed E-state index contributed by atoms with van der Waals surface area (Å²) in [5, 5.41) is 0. The lowest BCUT2D eigenvalue weighted by Crippen LogP contribution is -2.32. The molecule has 1 nitrogen and oxygen atoms in total. The number of alkyl halides is 1. The fourth-order valence-corrected chi connectivity index (χ4v) is 2.69. The third kappa shape index (κ3) is 3.15. The van der Waals surface area contributed by atoms with Crippen LogP contribution < -0.4 is 0 Å². The molecule has 1 heterocycles. The van der Waals surface area contributed by atoms with Crippen molar-refractivity contribution in [1.29, 1.82) is 0 Å². The number of nitrogens with zero attached hydrogens (tertiary/aromatic N) is 1. The van der Waals surface area contributed by atoms with Crippen LogP contribution in [0.5, 0.6) is 0 Å². The van der Waals surface area contributed by atoms with E-state index in [1.54, 1.807) is 0 Å². The molecule has 72 valence electrons. The minimum absolute atomic E-state index is 0.670. The second-order valence-electron chi connectivity index (χ2n) is 3.18. The lowest BCUT2D eigenvalue weighted by atomic mass is 10.2. The van der Waals surface area contributed by atoms with Gasteiger partial charge in [-0.05, 0) is 25.1 Å². The molecule has 0 aromatic heterocycles. The van der Waals surface area contributed by atoms with E-state index in [1.165, 1.54) is 37.4 Å². The molecule has 1 unspecified atom stereocenters. The van der Waals surface area contributed by atoms with Crippen LogP contribution in [0.2, 0.25) is 0 Å². The summed E-state index contributed by atoms with van der Waals surface area (Å²) in [5.41, 5.74) is 0. The van der Waals surface area contributed by atoms with E-state index < -0.39 is 0 Å². The van der Waals surface area contributed by atoms with E-state index in [4.69, 9.17) is 11.6 Å². The Hall–Kier alpha value is 0.600. The predicted octanol–water partition coefficient (Wildman–Crippen LogP) is 2.44. The molecule has 1 rings (SSSR count). The second-order valence-corrected chi connectivity index (χ2v) is 4.89. The molecule has 1 saturated heterocycles. The normalized spacial score (nSPS) is 25.0. The van der Waals surface area contributed by atoms with Gasteiger partial charge in [0.05, 0.1) is 0 Å². The third-order valence-electron chi connectivity index (χ3n) is 2.40. The molecule has 1 aliphatic rings. The summed E-state index contributed by atoms with van der Waals surface area (Å²) in [6.07, 6.45) is 2.65. The summed E-state index contributed by atoms with van der Waals surface area (Å²) in [4.78, 5) is 2.54. The fourth-order valence-electron chi connectivity index (χ4n) is 1.69. The van der Waals surface area contributed by atoms with Gasteiger partial charge in [0, 0.05) is 24.2 Å². The molecule has 0 aliphatic carbocycles. The van der Waals surface area contributed by atoms with Gasteiger partial charge in [0.1, 0.15) is 0 Å². The smallest absolute Gasteiger partial charge is 0.0379 e. The zero-order chi connectivity index (χ0) is 8.81. The van der Waals surface area contributed by atoms with Gasteiger partial charge in [0.25, 0.3) is 0 Å². The molecule has 0 saturated carbocycles.